The molecular weight excluding hydrogens is 616 g/mol. The average molecular weight is 649 g/mol. The van der Waals surface area contributed by atoms with E-state index in [9.17, 15) is 22.8 Å². The second-order valence-corrected chi connectivity index (χ2v) is 14.8. The average Bonchev–Trinajstić information content (AvgIpc) is 3.39. The third-order valence-electron chi connectivity index (χ3n) is 7.14. The number of nitrogens with zero attached hydrogens (tertiary/aromatic N) is 4. The molecule has 3 aromatic rings. The first-order chi connectivity index (χ1) is 20.3. The molecule has 0 N–H and O–H groups in total. The molecule has 1 unspecified atom stereocenters. The van der Waals surface area contributed by atoms with Crippen LogP contribution in [0.3, 0.4) is 0 Å². The number of ether oxygens (including phenoxy) is 2. The van der Waals surface area contributed by atoms with E-state index in [0.29, 0.717) is 23.4 Å². The number of halogens is 1. The van der Waals surface area contributed by atoms with Crippen molar-refractivity contribution in [2.45, 2.75) is 57.2 Å². The fourth-order valence-corrected chi connectivity index (χ4v) is 7.79. The van der Waals surface area contributed by atoms with Gasteiger partial charge in [0.15, 0.2) is 5.01 Å². The maximum atomic E-state index is 13.7. The van der Waals surface area contributed by atoms with Crippen molar-refractivity contribution in [3.8, 4) is 0 Å². The lowest BCUT2D eigenvalue weighted by Gasteiger charge is -2.38. The Balaban J connectivity index is 1.36. The molecule has 11 nitrogen and oxygen atoms in total. The van der Waals surface area contributed by atoms with E-state index in [0.717, 1.165) is 27.3 Å². The van der Waals surface area contributed by atoms with Gasteiger partial charge in [0, 0.05) is 42.5 Å². The van der Waals surface area contributed by atoms with Gasteiger partial charge in [0.05, 0.1) is 23.7 Å². The Hall–Kier alpha value is -3.26. The van der Waals surface area contributed by atoms with Crippen molar-refractivity contribution in [3.63, 3.8) is 0 Å². The first-order valence-electron chi connectivity index (χ1n) is 13.9. The van der Waals surface area contributed by atoms with Gasteiger partial charge < -0.3 is 19.3 Å². The number of sulfonamides is 1. The van der Waals surface area contributed by atoms with Crippen LogP contribution in [-0.2, 0) is 37.3 Å². The minimum atomic E-state index is -4.00. The van der Waals surface area contributed by atoms with Crippen molar-refractivity contribution >= 4 is 61.7 Å². The Morgan fingerprint density at radius 2 is 1.79 bits per heavy atom. The van der Waals surface area contributed by atoms with Crippen molar-refractivity contribution in [2.75, 3.05) is 32.8 Å². The fourth-order valence-electron chi connectivity index (χ4n) is 5.06. The van der Waals surface area contributed by atoms with Crippen LogP contribution in [0.1, 0.15) is 48.1 Å². The van der Waals surface area contributed by atoms with E-state index in [1.807, 2.05) is 0 Å². The minimum absolute atomic E-state index is 0.0137. The zero-order valence-electron chi connectivity index (χ0n) is 24.3. The van der Waals surface area contributed by atoms with Gasteiger partial charge in [0.1, 0.15) is 11.6 Å². The maximum Gasteiger partial charge on any atom is 0.410 e. The number of fused-ring (bicyclic) bond motifs is 2. The van der Waals surface area contributed by atoms with Crippen molar-refractivity contribution < 1.29 is 32.3 Å². The van der Waals surface area contributed by atoms with Gasteiger partial charge in [-0.15, -0.1) is 11.3 Å². The lowest BCUT2D eigenvalue weighted by Crippen LogP contribution is -2.59. The number of rotatable bonds is 5. The van der Waals surface area contributed by atoms with Crippen molar-refractivity contribution in [1.82, 2.24) is 19.1 Å². The Labute approximate surface area is 259 Å². The van der Waals surface area contributed by atoms with E-state index in [2.05, 4.69) is 4.98 Å². The van der Waals surface area contributed by atoms with Crippen LogP contribution in [0.5, 0.6) is 0 Å². The van der Waals surface area contributed by atoms with Crippen LogP contribution in [0.15, 0.2) is 41.3 Å². The van der Waals surface area contributed by atoms with E-state index in [-0.39, 0.29) is 42.7 Å². The smallest absolute Gasteiger partial charge is 0.410 e. The predicted octanol–water partition coefficient (Wildman–Crippen LogP) is 4.32. The number of aromatic nitrogens is 1. The summed E-state index contributed by atoms with van der Waals surface area (Å²) in [6.07, 6.45) is 0.0262. The monoisotopic (exact) mass is 648 g/mol. The molecule has 1 saturated heterocycles. The molecule has 3 heterocycles. The molecule has 1 fully saturated rings. The zero-order chi connectivity index (χ0) is 31.1. The number of carbonyl (C=O) groups is 3. The second kappa shape index (κ2) is 12.0. The van der Waals surface area contributed by atoms with Crippen LogP contribution >= 0.6 is 22.9 Å². The van der Waals surface area contributed by atoms with Gasteiger partial charge in [-0.05, 0) is 62.7 Å². The lowest BCUT2D eigenvalue weighted by atomic mass is 10.1. The summed E-state index contributed by atoms with van der Waals surface area (Å²) in [5.41, 5.74) is 0.0895. The van der Waals surface area contributed by atoms with Crippen molar-refractivity contribution in [1.29, 1.82) is 0 Å². The van der Waals surface area contributed by atoms with E-state index in [4.69, 9.17) is 21.1 Å². The first-order valence-corrected chi connectivity index (χ1v) is 16.5. The fraction of sp³-hybridized carbons (Fsp3) is 0.448. The molecule has 2 aliphatic heterocycles. The third-order valence-corrected chi connectivity index (χ3v) is 10.3. The summed E-state index contributed by atoms with van der Waals surface area (Å²) in [6.45, 7) is 7.48. The molecule has 14 heteroatoms. The van der Waals surface area contributed by atoms with Gasteiger partial charge in [-0.3, -0.25) is 4.79 Å². The van der Waals surface area contributed by atoms with E-state index in [1.165, 1.54) is 15.3 Å². The van der Waals surface area contributed by atoms with Crippen LogP contribution in [0.4, 0.5) is 4.79 Å². The molecule has 0 aliphatic carbocycles. The Morgan fingerprint density at radius 3 is 2.51 bits per heavy atom. The Bertz CT molecular complexity index is 1690. The molecule has 230 valence electrons. The first kappa shape index (κ1) is 31.2. The second-order valence-electron chi connectivity index (χ2n) is 11.3. The number of thiazole rings is 1. The molecule has 2 aromatic carbocycles. The number of amides is 2. The van der Waals surface area contributed by atoms with Crippen LogP contribution in [0.25, 0.3) is 10.8 Å². The van der Waals surface area contributed by atoms with Gasteiger partial charge in [0.25, 0.3) is 5.91 Å². The SMILES string of the molecule is CCOC(=O)C1CN(S(=O)(=O)c2ccc3cc(Cl)ccc3c2)CCN1C(=O)c1nc2c(s1)CN(C(=O)OC(C)(C)C)CC2. The van der Waals surface area contributed by atoms with Gasteiger partial charge >= 0.3 is 12.1 Å². The zero-order valence-corrected chi connectivity index (χ0v) is 26.7. The maximum absolute atomic E-state index is 13.7. The largest absolute Gasteiger partial charge is 0.464 e. The standard InChI is InChI=1S/C29H33ClN4O7S2/c1-5-40-27(36)23-16-33(43(38,39)21-9-7-18-14-20(30)8-6-19(18)15-21)12-13-34(23)26(35)25-31-22-10-11-32(17-24(22)42-25)28(37)41-29(2,3)4/h6-9,14-15,23H,5,10-13,16-17H2,1-4H3. The lowest BCUT2D eigenvalue weighted by molar-refractivity contribution is -0.149. The molecule has 0 radical (unpaired) electrons. The quantitative estimate of drug-likeness (QED) is 0.375. The van der Waals surface area contributed by atoms with Gasteiger partial charge in [0.2, 0.25) is 10.0 Å². The summed E-state index contributed by atoms with van der Waals surface area (Å²) in [5.74, 6) is -1.18. The molecule has 43 heavy (non-hydrogen) atoms. The Kier molecular flexibility index (Phi) is 8.72. The number of hydrogen-bond donors (Lipinski definition) is 0. The molecular formula is C29H33ClN4O7S2. The highest BCUT2D eigenvalue weighted by atomic mass is 35.5. The van der Waals surface area contributed by atoms with E-state index in [1.54, 1.807) is 62.9 Å². The molecule has 0 bridgehead atoms. The molecule has 2 amide bonds. The summed E-state index contributed by atoms with van der Waals surface area (Å²) < 4.78 is 39.3. The number of hydrogen-bond acceptors (Lipinski definition) is 9. The van der Waals surface area contributed by atoms with Crippen LogP contribution in [0, 0.1) is 0 Å². The molecule has 0 spiro atoms. The van der Waals surface area contributed by atoms with Crippen LogP contribution in [0.2, 0.25) is 5.02 Å². The van der Waals surface area contributed by atoms with Crippen LogP contribution in [-0.4, -0.2) is 89.9 Å². The number of carbonyl (C=O) groups excluding carboxylic acids is 3. The summed E-state index contributed by atoms with van der Waals surface area (Å²) in [4.78, 5) is 47.7. The topological polar surface area (TPSA) is 126 Å². The van der Waals surface area contributed by atoms with Crippen molar-refractivity contribution in [2.24, 2.45) is 0 Å². The predicted molar refractivity (Wildman–Crippen MR) is 162 cm³/mol. The van der Waals surface area contributed by atoms with Gasteiger partial charge in [-0.1, -0.05) is 23.7 Å². The van der Waals surface area contributed by atoms with Gasteiger partial charge in [-0.25, -0.2) is 23.0 Å². The molecule has 5 rings (SSSR count). The summed E-state index contributed by atoms with van der Waals surface area (Å²) in [6, 6.07) is 8.78. The molecule has 2 aliphatic rings. The number of piperazine rings is 1. The molecule has 1 atom stereocenters. The van der Waals surface area contributed by atoms with E-state index >= 15 is 0 Å². The minimum Gasteiger partial charge on any atom is -0.464 e. The highest BCUT2D eigenvalue weighted by Gasteiger charge is 2.42. The molecule has 0 saturated carbocycles. The highest BCUT2D eigenvalue weighted by Crippen LogP contribution is 2.30. The number of esters is 1. The summed E-state index contributed by atoms with van der Waals surface area (Å²) in [7, 11) is -4.00. The van der Waals surface area contributed by atoms with Crippen LogP contribution < -0.4 is 0 Å². The summed E-state index contributed by atoms with van der Waals surface area (Å²) in [5, 5.41) is 2.23. The summed E-state index contributed by atoms with van der Waals surface area (Å²) >= 11 is 7.23. The highest BCUT2D eigenvalue weighted by molar-refractivity contribution is 7.89. The third kappa shape index (κ3) is 6.64. The normalized spacial score (nSPS) is 17.9. The van der Waals surface area contributed by atoms with Crippen molar-refractivity contribution in [3.05, 3.63) is 57.0 Å². The Morgan fingerprint density at radius 1 is 1.07 bits per heavy atom. The molecule has 1 aromatic heterocycles. The van der Waals surface area contributed by atoms with E-state index < -0.39 is 39.6 Å². The number of benzene rings is 2. The van der Waals surface area contributed by atoms with Gasteiger partial charge in [-0.2, -0.15) is 4.31 Å².